The van der Waals surface area contributed by atoms with Crippen LogP contribution in [0.4, 0.5) is 16.0 Å². The van der Waals surface area contributed by atoms with Gasteiger partial charge in [-0.15, -0.1) is 0 Å². The Balaban J connectivity index is 1.98. The standard InChI is InChI=1S/C17H14FN3O/c1-11-4-2-5-12(8-11)15-10-16(22)21-17(20-15)19-14-7-3-6-13(18)9-14/h2-10H,1H3,(H2,19,20,21,22). The van der Waals surface area contributed by atoms with Gasteiger partial charge in [0, 0.05) is 17.3 Å². The summed E-state index contributed by atoms with van der Waals surface area (Å²) >= 11 is 0. The van der Waals surface area contributed by atoms with E-state index in [-0.39, 0.29) is 17.3 Å². The van der Waals surface area contributed by atoms with Crippen molar-refractivity contribution in [3.05, 3.63) is 76.3 Å². The number of aromatic nitrogens is 2. The maximum Gasteiger partial charge on any atom is 0.252 e. The van der Waals surface area contributed by atoms with Crippen LogP contribution in [0.2, 0.25) is 0 Å². The van der Waals surface area contributed by atoms with Gasteiger partial charge in [0.05, 0.1) is 5.69 Å². The Morgan fingerprint density at radius 2 is 1.91 bits per heavy atom. The highest BCUT2D eigenvalue weighted by Gasteiger charge is 2.05. The molecule has 110 valence electrons. The molecule has 0 fully saturated rings. The second-order valence-corrected chi connectivity index (χ2v) is 4.98. The molecule has 1 heterocycles. The number of anilines is 2. The summed E-state index contributed by atoms with van der Waals surface area (Å²) in [6.45, 7) is 1.97. The lowest BCUT2D eigenvalue weighted by atomic mass is 10.1. The first-order valence-corrected chi connectivity index (χ1v) is 6.81. The van der Waals surface area contributed by atoms with E-state index in [2.05, 4.69) is 15.3 Å². The number of nitrogens with one attached hydrogen (secondary N) is 2. The van der Waals surface area contributed by atoms with Crippen LogP contribution in [0, 0.1) is 12.7 Å². The number of hydrogen-bond acceptors (Lipinski definition) is 3. The number of aryl methyl sites for hydroxylation is 1. The fourth-order valence-electron chi connectivity index (χ4n) is 2.17. The molecule has 5 heteroatoms. The van der Waals surface area contributed by atoms with E-state index >= 15 is 0 Å². The van der Waals surface area contributed by atoms with Crippen LogP contribution in [0.25, 0.3) is 11.3 Å². The van der Waals surface area contributed by atoms with E-state index in [9.17, 15) is 9.18 Å². The van der Waals surface area contributed by atoms with Crippen molar-refractivity contribution >= 4 is 11.6 Å². The molecule has 0 aliphatic carbocycles. The minimum atomic E-state index is -0.359. The monoisotopic (exact) mass is 295 g/mol. The first-order chi connectivity index (χ1) is 10.6. The lowest BCUT2D eigenvalue weighted by molar-refractivity contribution is 0.628. The minimum absolute atomic E-state index is 0.273. The fourth-order valence-corrected chi connectivity index (χ4v) is 2.17. The van der Waals surface area contributed by atoms with Gasteiger partial charge in [0.25, 0.3) is 5.56 Å². The molecule has 3 aromatic rings. The summed E-state index contributed by atoms with van der Waals surface area (Å²) in [4.78, 5) is 18.8. The van der Waals surface area contributed by atoms with Crippen LogP contribution in [0.5, 0.6) is 0 Å². The molecule has 2 N–H and O–H groups in total. The second-order valence-electron chi connectivity index (χ2n) is 4.98. The molecule has 0 saturated heterocycles. The van der Waals surface area contributed by atoms with Crippen molar-refractivity contribution in [3.8, 4) is 11.3 Å². The van der Waals surface area contributed by atoms with Crippen molar-refractivity contribution < 1.29 is 4.39 Å². The molecule has 3 rings (SSSR count). The molecule has 0 saturated carbocycles. The highest BCUT2D eigenvalue weighted by atomic mass is 19.1. The van der Waals surface area contributed by atoms with E-state index in [1.54, 1.807) is 12.1 Å². The Morgan fingerprint density at radius 1 is 1.09 bits per heavy atom. The van der Waals surface area contributed by atoms with E-state index < -0.39 is 0 Å². The van der Waals surface area contributed by atoms with Crippen LogP contribution in [-0.4, -0.2) is 9.97 Å². The van der Waals surface area contributed by atoms with Crippen molar-refractivity contribution in [2.24, 2.45) is 0 Å². The average Bonchev–Trinajstić information content (AvgIpc) is 2.46. The van der Waals surface area contributed by atoms with E-state index in [4.69, 9.17) is 0 Å². The zero-order valence-corrected chi connectivity index (χ0v) is 11.9. The fraction of sp³-hybridized carbons (Fsp3) is 0.0588. The molecule has 0 unspecified atom stereocenters. The number of aromatic amines is 1. The zero-order valence-electron chi connectivity index (χ0n) is 11.9. The third-order valence-electron chi connectivity index (χ3n) is 3.14. The van der Waals surface area contributed by atoms with Crippen molar-refractivity contribution in [3.63, 3.8) is 0 Å². The molecular weight excluding hydrogens is 281 g/mol. The largest absolute Gasteiger partial charge is 0.326 e. The zero-order chi connectivity index (χ0) is 15.5. The van der Waals surface area contributed by atoms with Crippen molar-refractivity contribution in [2.45, 2.75) is 6.92 Å². The summed E-state index contributed by atoms with van der Waals surface area (Å²) in [5.74, 6) is -0.0863. The Hall–Kier alpha value is -2.95. The summed E-state index contributed by atoms with van der Waals surface area (Å²) in [5, 5.41) is 2.90. The summed E-state index contributed by atoms with van der Waals surface area (Å²) in [7, 11) is 0. The molecule has 0 radical (unpaired) electrons. The van der Waals surface area contributed by atoms with Gasteiger partial charge in [-0.1, -0.05) is 29.8 Å². The number of hydrogen-bond donors (Lipinski definition) is 2. The first kappa shape index (κ1) is 14.0. The normalized spacial score (nSPS) is 10.5. The molecule has 0 amide bonds. The molecule has 4 nitrogen and oxygen atoms in total. The molecule has 22 heavy (non-hydrogen) atoms. The maximum atomic E-state index is 13.2. The number of rotatable bonds is 3. The smallest absolute Gasteiger partial charge is 0.252 e. The van der Waals surface area contributed by atoms with Crippen LogP contribution in [0.3, 0.4) is 0 Å². The van der Waals surface area contributed by atoms with Crippen LogP contribution in [0.1, 0.15) is 5.56 Å². The summed E-state index contributed by atoms with van der Waals surface area (Å²) in [6.07, 6.45) is 0. The SMILES string of the molecule is Cc1cccc(-c2cc(=O)[nH]c(Nc3cccc(F)c3)n2)c1. The molecule has 0 atom stereocenters. The molecule has 2 aromatic carbocycles. The van der Waals surface area contributed by atoms with Gasteiger partial charge in [-0.3, -0.25) is 9.78 Å². The van der Waals surface area contributed by atoms with E-state index in [0.29, 0.717) is 11.4 Å². The third-order valence-corrected chi connectivity index (χ3v) is 3.14. The number of halogens is 1. The number of H-pyrrole nitrogens is 1. The van der Waals surface area contributed by atoms with Crippen LogP contribution in [-0.2, 0) is 0 Å². The lowest BCUT2D eigenvalue weighted by Crippen LogP contribution is -2.10. The Kier molecular flexibility index (Phi) is 3.70. The van der Waals surface area contributed by atoms with Gasteiger partial charge in [0.15, 0.2) is 0 Å². The van der Waals surface area contributed by atoms with Gasteiger partial charge in [-0.25, -0.2) is 9.37 Å². The quantitative estimate of drug-likeness (QED) is 0.775. The van der Waals surface area contributed by atoms with Gasteiger partial charge >= 0.3 is 0 Å². The molecule has 0 spiro atoms. The molecule has 0 aliphatic heterocycles. The van der Waals surface area contributed by atoms with Crippen LogP contribution < -0.4 is 10.9 Å². The summed E-state index contributed by atoms with van der Waals surface area (Å²) in [6, 6.07) is 15.1. The Labute approximate surface area is 126 Å². The van der Waals surface area contributed by atoms with Crippen molar-refractivity contribution in [1.29, 1.82) is 0 Å². The topological polar surface area (TPSA) is 57.8 Å². The first-order valence-electron chi connectivity index (χ1n) is 6.81. The van der Waals surface area contributed by atoms with Gasteiger partial charge in [0.1, 0.15) is 5.82 Å². The highest BCUT2D eigenvalue weighted by molar-refractivity contribution is 5.62. The summed E-state index contributed by atoms with van der Waals surface area (Å²) in [5.41, 5.74) is 2.74. The highest BCUT2D eigenvalue weighted by Crippen LogP contribution is 2.19. The molecule has 0 aliphatic rings. The van der Waals surface area contributed by atoms with Gasteiger partial charge in [0.2, 0.25) is 5.95 Å². The van der Waals surface area contributed by atoms with E-state index in [1.165, 1.54) is 18.2 Å². The minimum Gasteiger partial charge on any atom is -0.326 e. The molecule has 1 aromatic heterocycles. The van der Waals surface area contributed by atoms with Crippen LogP contribution in [0.15, 0.2) is 59.4 Å². The van der Waals surface area contributed by atoms with Crippen LogP contribution >= 0.6 is 0 Å². The maximum absolute atomic E-state index is 13.2. The average molecular weight is 295 g/mol. The van der Waals surface area contributed by atoms with E-state index in [0.717, 1.165) is 11.1 Å². The summed E-state index contributed by atoms with van der Waals surface area (Å²) < 4.78 is 13.2. The predicted molar refractivity (Wildman–Crippen MR) is 84.7 cm³/mol. The predicted octanol–water partition coefficient (Wildman–Crippen LogP) is 3.63. The second kappa shape index (κ2) is 5.81. The Morgan fingerprint density at radius 3 is 2.68 bits per heavy atom. The number of benzene rings is 2. The van der Waals surface area contributed by atoms with Gasteiger partial charge in [-0.05, 0) is 31.2 Å². The van der Waals surface area contributed by atoms with Crippen molar-refractivity contribution in [1.82, 2.24) is 9.97 Å². The third kappa shape index (κ3) is 3.20. The van der Waals surface area contributed by atoms with E-state index in [1.807, 2.05) is 31.2 Å². The van der Waals surface area contributed by atoms with Gasteiger partial charge < -0.3 is 5.32 Å². The van der Waals surface area contributed by atoms with Gasteiger partial charge in [-0.2, -0.15) is 0 Å². The molecule has 0 bridgehead atoms. The number of nitrogens with zero attached hydrogens (tertiary/aromatic N) is 1. The Bertz CT molecular complexity index is 874. The van der Waals surface area contributed by atoms with Crippen molar-refractivity contribution in [2.75, 3.05) is 5.32 Å². The molecular formula is C17H14FN3O. The lowest BCUT2D eigenvalue weighted by Gasteiger charge is -2.08.